The third kappa shape index (κ3) is 5.20. The fraction of sp³-hybridized carbons (Fsp3) is 0.438. The van der Waals surface area contributed by atoms with Gasteiger partial charge in [0.1, 0.15) is 0 Å². The highest BCUT2D eigenvalue weighted by Crippen LogP contribution is 2.12. The first-order valence-electron chi connectivity index (χ1n) is 6.71. The second-order valence-corrected chi connectivity index (χ2v) is 4.83. The van der Waals surface area contributed by atoms with Crippen LogP contribution in [0, 0.1) is 18.8 Å². The summed E-state index contributed by atoms with van der Waals surface area (Å²) in [5.41, 5.74) is 7.69. The Hall–Kier alpha value is -1.87. The molecule has 5 heteroatoms. The van der Waals surface area contributed by atoms with Crippen molar-refractivity contribution in [2.24, 2.45) is 5.73 Å². The van der Waals surface area contributed by atoms with E-state index in [2.05, 4.69) is 11.8 Å². The Kier molecular flexibility index (Phi) is 6.89. The molecule has 1 amide bonds. The maximum Gasteiger partial charge on any atom is 0.253 e. The molecule has 1 atom stereocenters. The molecule has 0 saturated carbocycles. The first-order chi connectivity index (χ1) is 9.99. The van der Waals surface area contributed by atoms with E-state index in [0.717, 1.165) is 11.1 Å². The summed E-state index contributed by atoms with van der Waals surface area (Å²) in [6.45, 7) is 2.62. The highest BCUT2D eigenvalue weighted by atomic mass is 16.5. The fourth-order valence-corrected chi connectivity index (χ4v) is 1.90. The van der Waals surface area contributed by atoms with Crippen LogP contribution in [-0.2, 0) is 4.74 Å². The number of amides is 1. The van der Waals surface area contributed by atoms with Gasteiger partial charge in [0.25, 0.3) is 5.91 Å². The standard InChI is InChI=1S/C16H22N2O3/c1-12-6-7-14(9-13(12)5-4-8-17)16(20)18(2)10-15(19)11-21-3/h6-7,9,15,19H,8,10-11,17H2,1-3H3. The average Bonchev–Trinajstić information content (AvgIpc) is 2.45. The van der Waals surface area contributed by atoms with Gasteiger partial charge in [-0.2, -0.15) is 0 Å². The van der Waals surface area contributed by atoms with Gasteiger partial charge in [-0.15, -0.1) is 0 Å². The van der Waals surface area contributed by atoms with Crippen molar-refractivity contribution < 1.29 is 14.6 Å². The summed E-state index contributed by atoms with van der Waals surface area (Å²) in [4.78, 5) is 13.8. The summed E-state index contributed by atoms with van der Waals surface area (Å²) in [6.07, 6.45) is -0.703. The van der Waals surface area contributed by atoms with Gasteiger partial charge in [-0.05, 0) is 24.6 Å². The molecule has 21 heavy (non-hydrogen) atoms. The molecular weight excluding hydrogens is 268 g/mol. The molecule has 1 aromatic rings. The van der Waals surface area contributed by atoms with Gasteiger partial charge in [0.2, 0.25) is 0 Å². The average molecular weight is 290 g/mol. The zero-order valence-electron chi connectivity index (χ0n) is 12.7. The Bertz CT molecular complexity index is 546. The highest BCUT2D eigenvalue weighted by Gasteiger charge is 2.16. The number of hydrogen-bond acceptors (Lipinski definition) is 4. The van der Waals surface area contributed by atoms with Gasteiger partial charge >= 0.3 is 0 Å². The lowest BCUT2D eigenvalue weighted by Gasteiger charge is -2.20. The molecule has 0 bridgehead atoms. The van der Waals surface area contributed by atoms with Crippen molar-refractivity contribution in [2.75, 3.05) is 33.9 Å². The van der Waals surface area contributed by atoms with E-state index in [9.17, 15) is 9.90 Å². The van der Waals surface area contributed by atoms with E-state index in [-0.39, 0.29) is 25.6 Å². The van der Waals surface area contributed by atoms with Crippen LogP contribution < -0.4 is 5.73 Å². The van der Waals surface area contributed by atoms with Crippen LogP contribution in [0.2, 0.25) is 0 Å². The second kappa shape index (κ2) is 8.42. The van der Waals surface area contributed by atoms with Crippen LogP contribution in [0.15, 0.2) is 18.2 Å². The SMILES string of the molecule is COCC(O)CN(C)C(=O)c1ccc(C)c(C#CCN)c1. The van der Waals surface area contributed by atoms with Gasteiger partial charge in [-0.1, -0.05) is 17.9 Å². The van der Waals surface area contributed by atoms with E-state index in [1.165, 1.54) is 12.0 Å². The second-order valence-electron chi connectivity index (χ2n) is 4.83. The Balaban J connectivity index is 2.87. The normalized spacial score (nSPS) is 11.5. The Morgan fingerprint density at radius 3 is 2.86 bits per heavy atom. The minimum Gasteiger partial charge on any atom is -0.389 e. The minimum atomic E-state index is -0.703. The number of likely N-dealkylation sites (N-methyl/N-ethyl adjacent to an activating group) is 1. The number of benzene rings is 1. The van der Waals surface area contributed by atoms with E-state index < -0.39 is 6.10 Å². The molecular formula is C16H22N2O3. The smallest absolute Gasteiger partial charge is 0.253 e. The van der Waals surface area contributed by atoms with Gasteiger partial charge in [0.05, 0.1) is 19.3 Å². The van der Waals surface area contributed by atoms with Crippen molar-refractivity contribution in [3.05, 3.63) is 34.9 Å². The molecule has 0 spiro atoms. The van der Waals surface area contributed by atoms with Crippen molar-refractivity contribution >= 4 is 5.91 Å². The number of rotatable bonds is 5. The van der Waals surface area contributed by atoms with Crippen LogP contribution >= 0.6 is 0 Å². The van der Waals surface area contributed by atoms with Gasteiger partial charge in [0, 0.05) is 31.8 Å². The number of aryl methyl sites for hydroxylation is 1. The summed E-state index contributed by atoms with van der Waals surface area (Å²) >= 11 is 0. The van der Waals surface area contributed by atoms with Crippen molar-refractivity contribution in [2.45, 2.75) is 13.0 Å². The largest absolute Gasteiger partial charge is 0.389 e. The first-order valence-corrected chi connectivity index (χ1v) is 6.71. The predicted molar refractivity (Wildman–Crippen MR) is 82.0 cm³/mol. The molecule has 0 aliphatic rings. The topological polar surface area (TPSA) is 75.8 Å². The molecule has 114 valence electrons. The van der Waals surface area contributed by atoms with Crippen molar-refractivity contribution in [1.82, 2.24) is 4.90 Å². The lowest BCUT2D eigenvalue weighted by atomic mass is 10.0. The molecule has 0 aliphatic heterocycles. The molecule has 0 aromatic heterocycles. The third-order valence-corrected chi connectivity index (χ3v) is 3.00. The van der Waals surface area contributed by atoms with Crippen LogP contribution in [-0.4, -0.2) is 55.9 Å². The van der Waals surface area contributed by atoms with E-state index in [1.54, 1.807) is 19.2 Å². The fourth-order valence-electron chi connectivity index (χ4n) is 1.90. The lowest BCUT2D eigenvalue weighted by Crippen LogP contribution is -2.36. The van der Waals surface area contributed by atoms with E-state index in [1.807, 2.05) is 13.0 Å². The Labute approximate surface area is 125 Å². The number of methoxy groups -OCH3 is 1. The zero-order valence-corrected chi connectivity index (χ0v) is 12.7. The molecule has 0 saturated heterocycles. The number of carbonyl (C=O) groups is 1. The monoisotopic (exact) mass is 290 g/mol. The van der Waals surface area contributed by atoms with Crippen LogP contribution in [0.5, 0.6) is 0 Å². The minimum absolute atomic E-state index is 0.166. The summed E-state index contributed by atoms with van der Waals surface area (Å²) in [5.74, 6) is 5.57. The number of nitrogens with zero attached hydrogens (tertiary/aromatic N) is 1. The summed E-state index contributed by atoms with van der Waals surface area (Å²) < 4.78 is 4.85. The molecule has 3 N–H and O–H groups in total. The number of carbonyl (C=O) groups excluding carboxylic acids is 1. The van der Waals surface area contributed by atoms with Crippen LogP contribution in [0.3, 0.4) is 0 Å². The Morgan fingerprint density at radius 2 is 2.24 bits per heavy atom. The number of hydrogen-bond donors (Lipinski definition) is 2. The van der Waals surface area contributed by atoms with Gasteiger partial charge in [-0.25, -0.2) is 0 Å². The number of aliphatic hydroxyl groups is 1. The van der Waals surface area contributed by atoms with Crippen molar-refractivity contribution in [3.63, 3.8) is 0 Å². The first kappa shape index (κ1) is 17.2. The summed E-state index contributed by atoms with van der Waals surface area (Å²) in [6, 6.07) is 5.36. The quantitative estimate of drug-likeness (QED) is 0.769. The lowest BCUT2D eigenvalue weighted by molar-refractivity contribution is 0.0380. The molecule has 1 rings (SSSR count). The van der Waals surface area contributed by atoms with Crippen LogP contribution in [0.1, 0.15) is 21.5 Å². The maximum atomic E-state index is 12.3. The van der Waals surface area contributed by atoms with E-state index >= 15 is 0 Å². The number of nitrogens with two attached hydrogens (primary N) is 1. The maximum absolute atomic E-state index is 12.3. The molecule has 0 radical (unpaired) electrons. The molecule has 0 fully saturated rings. The summed E-state index contributed by atoms with van der Waals surface area (Å²) in [7, 11) is 3.15. The molecule has 0 aliphatic carbocycles. The van der Waals surface area contributed by atoms with E-state index in [0.29, 0.717) is 5.56 Å². The number of ether oxygens (including phenoxy) is 1. The van der Waals surface area contributed by atoms with E-state index in [4.69, 9.17) is 10.5 Å². The molecule has 5 nitrogen and oxygen atoms in total. The van der Waals surface area contributed by atoms with Crippen LogP contribution in [0.25, 0.3) is 0 Å². The number of aliphatic hydroxyl groups excluding tert-OH is 1. The Morgan fingerprint density at radius 1 is 1.52 bits per heavy atom. The van der Waals surface area contributed by atoms with Crippen molar-refractivity contribution in [3.8, 4) is 11.8 Å². The van der Waals surface area contributed by atoms with Gasteiger partial charge in [-0.3, -0.25) is 4.79 Å². The summed E-state index contributed by atoms with van der Waals surface area (Å²) in [5, 5.41) is 9.68. The van der Waals surface area contributed by atoms with Gasteiger partial charge < -0.3 is 20.5 Å². The zero-order chi connectivity index (χ0) is 15.8. The van der Waals surface area contributed by atoms with Gasteiger partial charge in [0.15, 0.2) is 0 Å². The van der Waals surface area contributed by atoms with Crippen LogP contribution in [0.4, 0.5) is 0 Å². The third-order valence-electron chi connectivity index (χ3n) is 3.00. The van der Waals surface area contributed by atoms with Crippen molar-refractivity contribution in [1.29, 1.82) is 0 Å². The highest BCUT2D eigenvalue weighted by molar-refractivity contribution is 5.94. The predicted octanol–water partition coefficient (Wildman–Crippen LogP) is 0.385. The molecule has 1 unspecified atom stereocenters. The molecule has 1 aromatic carbocycles. The molecule has 0 heterocycles.